The molecule has 0 atom stereocenters. The van der Waals surface area contributed by atoms with Crippen molar-refractivity contribution in [1.29, 1.82) is 0 Å². The molecule has 0 bridgehead atoms. The van der Waals surface area contributed by atoms with E-state index in [1.165, 1.54) is 32.1 Å². The second-order valence-electron chi connectivity index (χ2n) is 4.48. The lowest BCUT2D eigenvalue weighted by atomic mass is 9.95. The van der Waals surface area contributed by atoms with Crippen LogP contribution in [0.5, 0.6) is 0 Å². The van der Waals surface area contributed by atoms with Gasteiger partial charge in [0.1, 0.15) is 0 Å². The van der Waals surface area contributed by atoms with E-state index in [4.69, 9.17) is 0 Å². The third-order valence-electron chi connectivity index (χ3n) is 3.47. The van der Waals surface area contributed by atoms with Gasteiger partial charge < -0.3 is 9.55 Å². The summed E-state index contributed by atoms with van der Waals surface area (Å²) in [6.45, 7) is 0. The minimum Gasteiger partial charge on any atom is -0.327 e. The predicted octanol–water partition coefficient (Wildman–Crippen LogP) is 2.23. The van der Waals surface area contributed by atoms with Crippen molar-refractivity contribution >= 4 is 11.0 Å². The average Bonchev–Trinajstić information content (AvgIpc) is 2.75. The molecule has 0 saturated heterocycles. The van der Waals surface area contributed by atoms with E-state index >= 15 is 0 Å². The molecule has 2 aromatic heterocycles. The third kappa shape index (κ3) is 1.45. The largest absolute Gasteiger partial charge is 0.327 e. The van der Waals surface area contributed by atoms with Gasteiger partial charge in [0.15, 0.2) is 5.52 Å². The van der Waals surface area contributed by atoms with Crippen LogP contribution in [0.15, 0.2) is 23.4 Å². The van der Waals surface area contributed by atoms with Crippen LogP contribution >= 0.6 is 0 Å². The van der Waals surface area contributed by atoms with Gasteiger partial charge in [0.25, 0.3) is 5.56 Å². The van der Waals surface area contributed by atoms with Gasteiger partial charge in [-0.05, 0) is 18.9 Å². The maximum absolute atomic E-state index is 11.5. The second-order valence-corrected chi connectivity index (χ2v) is 4.48. The summed E-state index contributed by atoms with van der Waals surface area (Å²) in [7, 11) is 0. The molecule has 2 aromatic rings. The normalized spacial score (nSPS) is 18.0. The molecule has 3 rings (SSSR count). The lowest BCUT2D eigenvalue weighted by Crippen LogP contribution is -2.12. The number of hydrogen-bond acceptors (Lipinski definition) is 2. The lowest BCUT2D eigenvalue weighted by molar-refractivity contribution is 0.359. The molecule has 0 amide bonds. The van der Waals surface area contributed by atoms with E-state index in [-0.39, 0.29) is 5.56 Å². The predicted molar refractivity (Wildman–Crippen MR) is 62.5 cm³/mol. The van der Waals surface area contributed by atoms with Gasteiger partial charge in [-0.15, -0.1) is 0 Å². The fraction of sp³-hybridized carbons (Fsp3) is 0.500. The van der Waals surface area contributed by atoms with Crippen LogP contribution in [0.2, 0.25) is 0 Å². The monoisotopic (exact) mass is 217 g/mol. The Bertz CT molecular complexity index is 549. The van der Waals surface area contributed by atoms with Crippen molar-refractivity contribution in [1.82, 2.24) is 14.5 Å². The van der Waals surface area contributed by atoms with Crippen molar-refractivity contribution in [3.05, 3.63) is 28.9 Å². The second kappa shape index (κ2) is 3.77. The van der Waals surface area contributed by atoms with Gasteiger partial charge in [0, 0.05) is 12.2 Å². The van der Waals surface area contributed by atoms with E-state index in [1.54, 1.807) is 6.20 Å². The van der Waals surface area contributed by atoms with Gasteiger partial charge in [0.2, 0.25) is 0 Å². The summed E-state index contributed by atoms with van der Waals surface area (Å²) in [6, 6.07) is 2.47. The number of aromatic amines is 1. The third-order valence-corrected chi connectivity index (χ3v) is 3.47. The summed E-state index contributed by atoms with van der Waals surface area (Å²) >= 11 is 0. The van der Waals surface area contributed by atoms with Crippen LogP contribution in [0.4, 0.5) is 0 Å². The Morgan fingerprint density at radius 2 is 2.12 bits per heavy atom. The number of nitrogens with zero attached hydrogens (tertiary/aromatic N) is 2. The Balaban J connectivity index is 2.10. The first-order valence-corrected chi connectivity index (χ1v) is 5.90. The maximum atomic E-state index is 11.5. The van der Waals surface area contributed by atoms with Crippen molar-refractivity contribution in [2.24, 2.45) is 0 Å². The topological polar surface area (TPSA) is 50.7 Å². The van der Waals surface area contributed by atoms with Crippen LogP contribution in [0.1, 0.15) is 38.1 Å². The van der Waals surface area contributed by atoms with Crippen molar-refractivity contribution in [3.63, 3.8) is 0 Å². The van der Waals surface area contributed by atoms with Crippen LogP contribution in [-0.2, 0) is 0 Å². The van der Waals surface area contributed by atoms with Crippen molar-refractivity contribution in [2.45, 2.75) is 38.1 Å². The highest BCUT2D eigenvalue weighted by atomic mass is 16.1. The van der Waals surface area contributed by atoms with Crippen molar-refractivity contribution < 1.29 is 0 Å². The first kappa shape index (κ1) is 9.63. The Labute approximate surface area is 93.3 Å². The molecular weight excluding hydrogens is 202 g/mol. The zero-order chi connectivity index (χ0) is 11.0. The molecule has 16 heavy (non-hydrogen) atoms. The Hall–Kier alpha value is -1.58. The Kier molecular flexibility index (Phi) is 2.27. The molecule has 2 heterocycles. The minimum atomic E-state index is -0.0907. The number of hydrogen-bond donors (Lipinski definition) is 1. The zero-order valence-corrected chi connectivity index (χ0v) is 9.15. The molecule has 1 N–H and O–H groups in total. The molecule has 0 spiro atoms. The number of aromatic nitrogens is 3. The average molecular weight is 217 g/mol. The molecule has 84 valence electrons. The molecule has 0 unspecified atom stereocenters. The van der Waals surface area contributed by atoms with Crippen LogP contribution in [-0.4, -0.2) is 14.5 Å². The zero-order valence-electron chi connectivity index (χ0n) is 9.15. The molecule has 0 radical (unpaired) electrons. The number of nitrogens with one attached hydrogen (secondary N) is 1. The first-order valence-electron chi connectivity index (χ1n) is 5.90. The highest BCUT2D eigenvalue weighted by molar-refractivity contribution is 5.73. The smallest absolute Gasteiger partial charge is 0.276 e. The SMILES string of the molecule is O=c1[nH]ccc2c1ncn2C1CCCCC1. The number of imidazole rings is 1. The highest BCUT2D eigenvalue weighted by Gasteiger charge is 2.17. The fourth-order valence-corrected chi connectivity index (χ4v) is 2.63. The van der Waals surface area contributed by atoms with Crippen LogP contribution in [0.3, 0.4) is 0 Å². The van der Waals surface area contributed by atoms with Crippen LogP contribution in [0.25, 0.3) is 11.0 Å². The molecule has 1 aliphatic rings. The van der Waals surface area contributed by atoms with Gasteiger partial charge in [-0.1, -0.05) is 19.3 Å². The Morgan fingerprint density at radius 1 is 1.31 bits per heavy atom. The van der Waals surface area contributed by atoms with Crippen molar-refractivity contribution in [3.8, 4) is 0 Å². The number of rotatable bonds is 1. The van der Waals surface area contributed by atoms with Gasteiger partial charge in [-0.2, -0.15) is 0 Å². The standard InChI is InChI=1S/C12H15N3O/c16-12-11-10(6-7-13-12)15(8-14-11)9-4-2-1-3-5-9/h6-9H,1-5H2,(H,13,16). The van der Waals surface area contributed by atoms with Gasteiger partial charge >= 0.3 is 0 Å². The van der Waals surface area contributed by atoms with Crippen LogP contribution in [0, 0.1) is 0 Å². The number of fused-ring (bicyclic) bond motifs is 1. The van der Waals surface area contributed by atoms with E-state index in [9.17, 15) is 4.79 Å². The summed E-state index contributed by atoms with van der Waals surface area (Å²) in [5, 5.41) is 0. The number of H-pyrrole nitrogens is 1. The first-order chi connectivity index (χ1) is 7.86. The molecular formula is C12H15N3O. The number of pyridine rings is 1. The molecule has 4 heteroatoms. The summed E-state index contributed by atoms with van der Waals surface area (Å²) in [4.78, 5) is 18.4. The maximum Gasteiger partial charge on any atom is 0.276 e. The lowest BCUT2D eigenvalue weighted by Gasteiger charge is -2.23. The van der Waals surface area contributed by atoms with Crippen LogP contribution < -0.4 is 5.56 Å². The van der Waals surface area contributed by atoms with Gasteiger partial charge in [-0.3, -0.25) is 4.79 Å². The summed E-state index contributed by atoms with van der Waals surface area (Å²) in [5.41, 5.74) is 1.44. The van der Waals surface area contributed by atoms with Gasteiger partial charge in [0.05, 0.1) is 11.8 Å². The minimum absolute atomic E-state index is 0.0907. The Morgan fingerprint density at radius 3 is 2.94 bits per heavy atom. The quantitative estimate of drug-likeness (QED) is 0.796. The summed E-state index contributed by atoms with van der Waals surface area (Å²) < 4.78 is 2.17. The molecule has 1 aliphatic carbocycles. The van der Waals surface area contributed by atoms with Crippen molar-refractivity contribution in [2.75, 3.05) is 0 Å². The van der Waals surface area contributed by atoms with Gasteiger partial charge in [-0.25, -0.2) is 4.98 Å². The summed E-state index contributed by atoms with van der Waals surface area (Å²) in [5.74, 6) is 0. The van der Waals surface area contributed by atoms with E-state index in [2.05, 4.69) is 14.5 Å². The van der Waals surface area contributed by atoms with E-state index in [1.807, 2.05) is 12.4 Å². The highest BCUT2D eigenvalue weighted by Crippen LogP contribution is 2.29. The van der Waals surface area contributed by atoms with E-state index in [0.29, 0.717) is 11.6 Å². The molecule has 0 aliphatic heterocycles. The molecule has 1 saturated carbocycles. The van der Waals surface area contributed by atoms with E-state index < -0.39 is 0 Å². The molecule has 4 nitrogen and oxygen atoms in total. The molecule has 1 fully saturated rings. The molecule has 0 aromatic carbocycles. The van der Waals surface area contributed by atoms with E-state index in [0.717, 1.165) is 5.52 Å². The summed E-state index contributed by atoms with van der Waals surface area (Å²) in [6.07, 6.45) is 9.84. The fourth-order valence-electron chi connectivity index (χ4n) is 2.63.